The summed E-state index contributed by atoms with van der Waals surface area (Å²) in [5, 5.41) is 0. The fourth-order valence-corrected chi connectivity index (χ4v) is 5.52. The summed E-state index contributed by atoms with van der Waals surface area (Å²) in [6.45, 7) is 15.2. The van der Waals surface area contributed by atoms with Crippen molar-refractivity contribution >= 4 is 23.1 Å². The van der Waals surface area contributed by atoms with E-state index in [9.17, 15) is 0 Å². The number of nitrogens with zero attached hydrogens (tertiary/aromatic N) is 1. The summed E-state index contributed by atoms with van der Waals surface area (Å²) < 4.78 is 0. The molecule has 1 aliphatic carbocycles. The molecule has 1 aliphatic rings. The first-order chi connectivity index (χ1) is 15.8. The second-order valence-corrected chi connectivity index (χ2v) is 9.78. The average molecular weight is 430 g/mol. The molecule has 0 amide bonds. The SMILES string of the molecule is C=Cc1ccc(N(c2ccc3c(c2)C(C)(C)c2ccccc2-3)c2c(C)cc(C)cc2C)cc1. The third kappa shape index (κ3) is 3.40. The van der Waals surface area contributed by atoms with E-state index in [2.05, 4.69) is 125 Å². The third-order valence-corrected chi connectivity index (χ3v) is 7.07. The van der Waals surface area contributed by atoms with Crippen LogP contribution in [0.15, 0.2) is 85.4 Å². The van der Waals surface area contributed by atoms with Gasteiger partial charge in [0.1, 0.15) is 0 Å². The molecule has 164 valence electrons. The molecule has 0 aliphatic heterocycles. The van der Waals surface area contributed by atoms with Gasteiger partial charge in [0.15, 0.2) is 0 Å². The molecule has 4 aromatic rings. The van der Waals surface area contributed by atoms with Crippen molar-refractivity contribution in [1.82, 2.24) is 0 Å². The fraction of sp³-hybridized carbons (Fsp3) is 0.188. The van der Waals surface area contributed by atoms with E-state index < -0.39 is 0 Å². The smallest absolute Gasteiger partial charge is 0.0520 e. The van der Waals surface area contributed by atoms with Crippen molar-refractivity contribution in [3.63, 3.8) is 0 Å². The molecule has 0 unspecified atom stereocenters. The molecule has 0 fully saturated rings. The number of anilines is 3. The number of rotatable bonds is 4. The zero-order valence-electron chi connectivity index (χ0n) is 20.2. The largest absolute Gasteiger partial charge is 0.310 e. The Hall–Kier alpha value is -3.58. The van der Waals surface area contributed by atoms with Gasteiger partial charge >= 0.3 is 0 Å². The van der Waals surface area contributed by atoms with Crippen molar-refractivity contribution in [1.29, 1.82) is 0 Å². The maximum atomic E-state index is 3.92. The summed E-state index contributed by atoms with van der Waals surface area (Å²) in [4.78, 5) is 2.41. The van der Waals surface area contributed by atoms with Gasteiger partial charge in [0, 0.05) is 16.8 Å². The predicted octanol–water partition coefficient (Wildman–Crippen LogP) is 9.03. The Balaban J connectivity index is 1.74. The molecule has 4 aromatic carbocycles. The third-order valence-electron chi connectivity index (χ3n) is 7.07. The second-order valence-electron chi connectivity index (χ2n) is 9.78. The lowest BCUT2D eigenvalue weighted by atomic mass is 9.82. The molecule has 0 radical (unpaired) electrons. The Bertz CT molecular complexity index is 1350. The maximum absolute atomic E-state index is 3.92. The Labute approximate surface area is 198 Å². The first-order valence-electron chi connectivity index (χ1n) is 11.7. The van der Waals surface area contributed by atoms with E-state index >= 15 is 0 Å². The second kappa shape index (κ2) is 7.78. The highest BCUT2D eigenvalue weighted by molar-refractivity contribution is 5.86. The van der Waals surface area contributed by atoms with Crippen molar-refractivity contribution in [2.75, 3.05) is 4.90 Å². The molecule has 0 spiro atoms. The van der Waals surface area contributed by atoms with E-state index in [1.807, 2.05) is 6.08 Å². The standard InChI is InChI=1S/C32H31N/c1-7-24-12-14-25(15-13-24)33(31-22(3)18-21(2)19-23(31)4)26-16-17-28-27-10-8-9-11-29(27)32(5,6)30(28)20-26/h7-20H,1H2,2-6H3. The summed E-state index contributed by atoms with van der Waals surface area (Å²) in [5.41, 5.74) is 14.0. The monoisotopic (exact) mass is 429 g/mol. The lowest BCUT2D eigenvalue weighted by molar-refractivity contribution is 0.660. The van der Waals surface area contributed by atoms with Gasteiger partial charge in [-0.25, -0.2) is 0 Å². The highest BCUT2D eigenvalue weighted by Gasteiger charge is 2.35. The van der Waals surface area contributed by atoms with Crippen molar-refractivity contribution in [2.45, 2.75) is 40.0 Å². The van der Waals surface area contributed by atoms with E-state index in [0.717, 1.165) is 11.3 Å². The van der Waals surface area contributed by atoms with Crippen molar-refractivity contribution < 1.29 is 0 Å². The van der Waals surface area contributed by atoms with Gasteiger partial charge in [-0.3, -0.25) is 0 Å². The Morgan fingerprint density at radius 3 is 1.97 bits per heavy atom. The Morgan fingerprint density at radius 2 is 1.30 bits per heavy atom. The summed E-state index contributed by atoms with van der Waals surface area (Å²) in [6, 6.07) is 29.0. The minimum Gasteiger partial charge on any atom is -0.310 e. The Morgan fingerprint density at radius 1 is 0.697 bits per heavy atom. The van der Waals surface area contributed by atoms with Crippen LogP contribution in [0.2, 0.25) is 0 Å². The summed E-state index contributed by atoms with van der Waals surface area (Å²) in [5.74, 6) is 0. The molecule has 5 rings (SSSR count). The minimum absolute atomic E-state index is 0.0301. The maximum Gasteiger partial charge on any atom is 0.0520 e. The molecule has 1 nitrogen and oxygen atoms in total. The minimum atomic E-state index is -0.0301. The molecule has 0 heterocycles. The number of aryl methyl sites for hydroxylation is 3. The van der Waals surface area contributed by atoms with E-state index in [1.54, 1.807) is 0 Å². The van der Waals surface area contributed by atoms with Crippen molar-refractivity contribution in [3.8, 4) is 11.1 Å². The molecule has 0 bridgehead atoms. The summed E-state index contributed by atoms with van der Waals surface area (Å²) >= 11 is 0. The zero-order chi connectivity index (χ0) is 23.3. The molecular weight excluding hydrogens is 398 g/mol. The van der Waals surface area contributed by atoms with Crippen LogP contribution < -0.4 is 4.90 Å². The first-order valence-corrected chi connectivity index (χ1v) is 11.7. The van der Waals surface area contributed by atoms with Crippen molar-refractivity contribution in [2.24, 2.45) is 0 Å². The first kappa shape index (κ1) is 21.3. The highest BCUT2D eigenvalue weighted by Crippen LogP contribution is 2.50. The van der Waals surface area contributed by atoms with Crippen LogP contribution in [0.4, 0.5) is 17.1 Å². The van der Waals surface area contributed by atoms with E-state index in [4.69, 9.17) is 0 Å². The van der Waals surface area contributed by atoms with Crippen LogP contribution in [0.5, 0.6) is 0 Å². The molecule has 0 aromatic heterocycles. The van der Waals surface area contributed by atoms with E-state index in [-0.39, 0.29) is 5.41 Å². The highest BCUT2D eigenvalue weighted by atomic mass is 15.1. The molecule has 33 heavy (non-hydrogen) atoms. The van der Waals surface area contributed by atoms with E-state index in [1.165, 1.54) is 50.3 Å². The van der Waals surface area contributed by atoms with Gasteiger partial charge in [0.25, 0.3) is 0 Å². The number of benzene rings is 4. The lowest BCUT2D eigenvalue weighted by Crippen LogP contribution is -2.17. The quantitative estimate of drug-likeness (QED) is 0.313. The summed E-state index contributed by atoms with van der Waals surface area (Å²) in [7, 11) is 0. The molecule has 0 N–H and O–H groups in total. The molecule has 0 atom stereocenters. The van der Waals surface area contributed by atoms with Crippen LogP contribution in [-0.2, 0) is 5.41 Å². The van der Waals surface area contributed by atoms with Crippen LogP contribution >= 0.6 is 0 Å². The van der Waals surface area contributed by atoms with E-state index in [0.29, 0.717) is 0 Å². The number of hydrogen-bond donors (Lipinski definition) is 0. The fourth-order valence-electron chi connectivity index (χ4n) is 5.52. The normalized spacial score (nSPS) is 13.4. The van der Waals surface area contributed by atoms with Crippen LogP contribution in [0.3, 0.4) is 0 Å². The van der Waals surface area contributed by atoms with Gasteiger partial charge in [0.2, 0.25) is 0 Å². The van der Waals surface area contributed by atoms with Crippen LogP contribution in [0.1, 0.15) is 47.2 Å². The topological polar surface area (TPSA) is 3.24 Å². The number of hydrogen-bond acceptors (Lipinski definition) is 1. The zero-order valence-corrected chi connectivity index (χ0v) is 20.2. The van der Waals surface area contributed by atoms with Crippen LogP contribution in [0, 0.1) is 20.8 Å². The average Bonchev–Trinajstić information content (AvgIpc) is 3.03. The van der Waals surface area contributed by atoms with Gasteiger partial charge in [-0.05, 0) is 84.0 Å². The Kier molecular flexibility index (Phi) is 5.01. The van der Waals surface area contributed by atoms with Crippen LogP contribution in [0.25, 0.3) is 17.2 Å². The van der Waals surface area contributed by atoms with Gasteiger partial charge in [0.05, 0.1) is 5.69 Å². The molecular formula is C32H31N. The molecule has 0 saturated carbocycles. The van der Waals surface area contributed by atoms with Gasteiger partial charge in [-0.2, -0.15) is 0 Å². The van der Waals surface area contributed by atoms with Gasteiger partial charge in [-0.1, -0.05) is 86.7 Å². The van der Waals surface area contributed by atoms with Gasteiger partial charge < -0.3 is 4.90 Å². The predicted molar refractivity (Wildman–Crippen MR) is 143 cm³/mol. The van der Waals surface area contributed by atoms with Gasteiger partial charge in [-0.15, -0.1) is 0 Å². The van der Waals surface area contributed by atoms with Crippen molar-refractivity contribution in [3.05, 3.63) is 119 Å². The lowest BCUT2D eigenvalue weighted by Gasteiger charge is -2.30. The molecule has 0 saturated heterocycles. The molecule has 1 heteroatoms. The van der Waals surface area contributed by atoms with Crippen LogP contribution in [-0.4, -0.2) is 0 Å². The summed E-state index contributed by atoms with van der Waals surface area (Å²) in [6.07, 6.45) is 1.89. The number of fused-ring (bicyclic) bond motifs is 3.